The summed E-state index contributed by atoms with van der Waals surface area (Å²) < 4.78 is 6.29. The highest BCUT2D eigenvalue weighted by Crippen LogP contribution is 2.34. The molecule has 1 aromatic rings. The number of carbonyl (C=O) groups excluding carboxylic acids is 1. The van der Waals surface area contributed by atoms with Gasteiger partial charge in [-0.15, -0.1) is 0 Å². The van der Waals surface area contributed by atoms with Crippen molar-refractivity contribution in [1.29, 1.82) is 0 Å². The zero-order chi connectivity index (χ0) is 14.5. The van der Waals surface area contributed by atoms with E-state index in [9.17, 15) is 4.79 Å². The van der Waals surface area contributed by atoms with Crippen molar-refractivity contribution in [2.75, 3.05) is 17.6 Å². The zero-order valence-corrected chi connectivity index (χ0v) is 14.2. The summed E-state index contributed by atoms with van der Waals surface area (Å²) in [4.78, 5) is 14.6. The van der Waals surface area contributed by atoms with E-state index in [4.69, 9.17) is 4.74 Å². The second-order valence-corrected chi connectivity index (χ2v) is 6.11. The molecule has 1 saturated heterocycles. The molecular formula is C16H22INO2. The minimum Gasteiger partial charge on any atom is -0.465 e. The Kier molecular flexibility index (Phi) is 5.84. The van der Waals surface area contributed by atoms with Crippen molar-refractivity contribution in [1.82, 2.24) is 4.90 Å². The van der Waals surface area contributed by atoms with Crippen LogP contribution in [-0.2, 0) is 9.53 Å². The molecule has 4 heteroatoms. The topological polar surface area (TPSA) is 29.5 Å². The van der Waals surface area contributed by atoms with Gasteiger partial charge in [0.2, 0.25) is 0 Å². The van der Waals surface area contributed by atoms with E-state index in [0.29, 0.717) is 12.5 Å². The zero-order valence-electron chi connectivity index (χ0n) is 12.1. The Bertz CT molecular complexity index is 437. The van der Waals surface area contributed by atoms with Crippen LogP contribution in [0.25, 0.3) is 0 Å². The second-order valence-electron chi connectivity index (χ2n) is 5.22. The molecule has 0 aliphatic carbocycles. The quantitative estimate of drug-likeness (QED) is 0.441. The molecule has 0 N–H and O–H groups in total. The largest absolute Gasteiger partial charge is 0.465 e. The number of alkyl halides is 1. The van der Waals surface area contributed by atoms with Crippen molar-refractivity contribution in [3.63, 3.8) is 0 Å². The molecular weight excluding hydrogens is 365 g/mol. The van der Waals surface area contributed by atoms with Crippen molar-refractivity contribution >= 4 is 28.6 Å². The number of benzene rings is 1. The van der Waals surface area contributed by atoms with Crippen LogP contribution in [0.1, 0.15) is 31.9 Å². The van der Waals surface area contributed by atoms with Crippen LogP contribution in [0.3, 0.4) is 0 Å². The van der Waals surface area contributed by atoms with Crippen molar-refractivity contribution in [3.8, 4) is 0 Å². The van der Waals surface area contributed by atoms with Crippen LogP contribution >= 0.6 is 22.6 Å². The Morgan fingerprint density at radius 2 is 2.15 bits per heavy atom. The number of likely N-dealkylation sites (tertiary alicyclic amines) is 1. The van der Waals surface area contributed by atoms with Crippen LogP contribution in [0, 0.1) is 5.92 Å². The highest BCUT2D eigenvalue weighted by molar-refractivity contribution is 14.1. The monoisotopic (exact) mass is 387 g/mol. The number of hydrogen-bond donors (Lipinski definition) is 0. The van der Waals surface area contributed by atoms with Crippen LogP contribution in [-0.4, -0.2) is 34.5 Å². The molecule has 1 aliphatic rings. The van der Waals surface area contributed by atoms with Gasteiger partial charge in [0.05, 0.1) is 6.61 Å². The third kappa shape index (κ3) is 3.34. The lowest BCUT2D eigenvalue weighted by Crippen LogP contribution is -2.42. The molecule has 0 aromatic heterocycles. The Morgan fingerprint density at radius 3 is 2.75 bits per heavy atom. The molecule has 0 unspecified atom stereocenters. The fourth-order valence-electron chi connectivity index (χ4n) is 2.96. The average Bonchev–Trinajstić information content (AvgIpc) is 2.91. The number of rotatable bonds is 5. The first-order valence-electron chi connectivity index (χ1n) is 7.22. The summed E-state index contributed by atoms with van der Waals surface area (Å²) in [5, 5.41) is 0. The molecule has 0 bridgehead atoms. The normalized spacial score (nSPS) is 24.6. The predicted molar refractivity (Wildman–Crippen MR) is 89.0 cm³/mol. The molecule has 0 spiro atoms. The van der Waals surface area contributed by atoms with Gasteiger partial charge in [-0.25, -0.2) is 0 Å². The van der Waals surface area contributed by atoms with Gasteiger partial charge in [0.25, 0.3) is 0 Å². The van der Waals surface area contributed by atoms with Crippen molar-refractivity contribution in [2.45, 2.75) is 32.4 Å². The van der Waals surface area contributed by atoms with Crippen LogP contribution in [0.4, 0.5) is 0 Å². The van der Waals surface area contributed by atoms with E-state index in [0.717, 1.165) is 17.4 Å². The van der Waals surface area contributed by atoms with Gasteiger partial charge in [0.1, 0.15) is 6.04 Å². The van der Waals surface area contributed by atoms with E-state index in [1.807, 2.05) is 13.0 Å². The van der Waals surface area contributed by atoms with Gasteiger partial charge in [-0.1, -0.05) is 52.9 Å². The lowest BCUT2D eigenvalue weighted by Gasteiger charge is -2.31. The number of hydrogen-bond acceptors (Lipinski definition) is 3. The Balaban J connectivity index is 2.18. The minimum atomic E-state index is -0.0953. The van der Waals surface area contributed by atoms with Crippen LogP contribution in [0.15, 0.2) is 30.3 Å². The van der Waals surface area contributed by atoms with E-state index in [1.54, 1.807) is 0 Å². The molecule has 20 heavy (non-hydrogen) atoms. The first kappa shape index (κ1) is 15.8. The van der Waals surface area contributed by atoms with Crippen molar-refractivity contribution in [3.05, 3.63) is 35.9 Å². The van der Waals surface area contributed by atoms with E-state index in [2.05, 4.69) is 58.7 Å². The van der Waals surface area contributed by atoms with Gasteiger partial charge in [0, 0.05) is 10.5 Å². The van der Waals surface area contributed by atoms with Gasteiger partial charge in [-0.05, 0) is 38.3 Å². The molecule has 1 aromatic carbocycles. The highest BCUT2D eigenvalue weighted by atomic mass is 127. The minimum absolute atomic E-state index is 0.0607. The molecule has 0 amide bonds. The maximum absolute atomic E-state index is 12.3. The summed E-state index contributed by atoms with van der Waals surface area (Å²) in [5.74, 6) is 0.343. The molecule has 1 heterocycles. The highest BCUT2D eigenvalue weighted by Gasteiger charge is 2.41. The molecule has 3 nitrogen and oxygen atoms in total. The number of ether oxygens (including phenoxy) is 1. The number of carbonyl (C=O) groups is 1. The van der Waals surface area contributed by atoms with Crippen molar-refractivity contribution in [2.24, 2.45) is 5.92 Å². The third-order valence-electron chi connectivity index (χ3n) is 4.07. The van der Waals surface area contributed by atoms with E-state index in [-0.39, 0.29) is 18.1 Å². The Labute approximate surface area is 134 Å². The molecule has 1 fully saturated rings. The lowest BCUT2D eigenvalue weighted by atomic mass is 10.0. The Morgan fingerprint density at radius 1 is 1.45 bits per heavy atom. The summed E-state index contributed by atoms with van der Waals surface area (Å²) in [6.45, 7) is 5.47. The SMILES string of the molecule is CCOC(=O)[C@H]1[C@@H](CI)CCN1[C@H](C)c1ccccc1. The molecule has 3 atom stereocenters. The molecule has 110 valence electrons. The van der Waals surface area contributed by atoms with Gasteiger partial charge in [-0.2, -0.15) is 0 Å². The molecule has 2 rings (SSSR count). The number of nitrogens with zero attached hydrogens (tertiary/aromatic N) is 1. The fraction of sp³-hybridized carbons (Fsp3) is 0.562. The van der Waals surface area contributed by atoms with Gasteiger partial charge >= 0.3 is 5.97 Å². The summed E-state index contributed by atoms with van der Waals surface area (Å²) in [6.07, 6.45) is 1.07. The van der Waals surface area contributed by atoms with E-state index >= 15 is 0 Å². The van der Waals surface area contributed by atoms with Crippen LogP contribution in [0.5, 0.6) is 0 Å². The van der Waals surface area contributed by atoms with Crippen LogP contribution < -0.4 is 0 Å². The molecule has 1 aliphatic heterocycles. The smallest absolute Gasteiger partial charge is 0.323 e. The molecule has 0 saturated carbocycles. The number of esters is 1. The summed E-state index contributed by atoms with van der Waals surface area (Å²) >= 11 is 2.38. The van der Waals surface area contributed by atoms with E-state index < -0.39 is 0 Å². The van der Waals surface area contributed by atoms with Crippen LogP contribution in [0.2, 0.25) is 0 Å². The maximum Gasteiger partial charge on any atom is 0.323 e. The summed E-state index contributed by atoms with van der Waals surface area (Å²) in [7, 11) is 0. The number of halogens is 1. The third-order valence-corrected chi connectivity index (χ3v) is 5.20. The average molecular weight is 387 g/mol. The van der Waals surface area contributed by atoms with Gasteiger partial charge in [-0.3, -0.25) is 9.69 Å². The summed E-state index contributed by atoms with van der Waals surface area (Å²) in [6, 6.07) is 10.5. The van der Waals surface area contributed by atoms with Gasteiger partial charge < -0.3 is 4.74 Å². The predicted octanol–water partition coefficient (Wildman–Crippen LogP) is 3.44. The standard InChI is InChI=1S/C16H22INO2/c1-3-20-16(19)15-14(11-17)9-10-18(15)12(2)13-7-5-4-6-8-13/h4-8,12,14-15H,3,9-11H2,1-2H3/t12-,14-,15-/m1/s1. The fourth-order valence-corrected chi connectivity index (χ4v) is 3.88. The molecule has 0 radical (unpaired) electrons. The van der Waals surface area contributed by atoms with Gasteiger partial charge in [0.15, 0.2) is 0 Å². The lowest BCUT2D eigenvalue weighted by molar-refractivity contribution is -0.150. The first-order valence-corrected chi connectivity index (χ1v) is 8.74. The second kappa shape index (κ2) is 7.41. The van der Waals surface area contributed by atoms with Crippen molar-refractivity contribution < 1.29 is 9.53 Å². The van der Waals surface area contributed by atoms with E-state index in [1.165, 1.54) is 5.56 Å². The summed E-state index contributed by atoms with van der Waals surface area (Å²) in [5.41, 5.74) is 1.26. The first-order chi connectivity index (χ1) is 9.69. The Hall–Kier alpha value is -0.620. The maximum atomic E-state index is 12.3.